The van der Waals surface area contributed by atoms with Gasteiger partial charge < -0.3 is 11.1 Å². The van der Waals surface area contributed by atoms with Gasteiger partial charge in [-0.25, -0.2) is 0 Å². The first-order valence-corrected chi connectivity index (χ1v) is 6.66. The lowest BCUT2D eigenvalue weighted by atomic mass is 9.92. The summed E-state index contributed by atoms with van der Waals surface area (Å²) in [6.07, 6.45) is 1.42. The summed E-state index contributed by atoms with van der Waals surface area (Å²) in [7, 11) is 0. The van der Waals surface area contributed by atoms with Crippen molar-refractivity contribution in [3.8, 4) is 0 Å². The van der Waals surface area contributed by atoms with E-state index in [0.29, 0.717) is 24.9 Å². The maximum atomic E-state index is 12.2. The number of carbonyl (C=O) groups is 1. The molecule has 6 nitrogen and oxygen atoms in total. The van der Waals surface area contributed by atoms with E-state index in [2.05, 4.69) is 5.32 Å². The smallest absolute Gasteiger partial charge is 0.273 e. The van der Waals surface area contributed by atoms with E-state index in [9.17, 15) is 14.9 Å². The molecule has 0 spiro atoms. The van der Waals surface area contributed by atoms with Crippen molar-refractivity contribution < 1.29 is 9.72 Å². The summed E-state index contributed by atoms with van der Waals surface area (Å²) in [6.45, 7) is 5.88. The molecule has 1 aromatic carbocycles. The Hall–Kier alpha value is -1.95. The SMILES string of the molecule is CCC(CC)(CN)NC(=O)c1ccc(C)c([N+](=O)[O-])c1. The van der Waals surface area contributed by atoms with Crippen LogP contribution in [-0.4, -0.2) is 22.9 Å². The molecule has 3 N–H and O–H groups in total. The molecule has 20 heavy (non-hydrogen) atoms. The number of aryl methyl sites for hydroxylation is 1. The van der Waals surface area contributed by atoms with Gasteiger partial charge in [-0.2, -0.15) is 0 Å². The molecule has 0 aliphatic carbocycles. The van der Waals surface area contributed by atoms with Crippen LogP contribution in [0.1, 0.15) is 42.6 Å². The summed E-state index contributed by atoms with van der Waals surface area (Å²) in [6, 6.07) is 4.47. The Morgan fingerprint density at radius 2 is 2.00 bits per heavy atom. The van der Waals surface area contributed by atoms with Crippen LogP contribution in [0.2, 0.25) is 0 Å². The normalized spacial score (nSPS) is 11.2. The van der Waals surface area contributed by atoms with Gasteiger partial charge in [0.05, 0.1) is 10.5 Å². The van der Waals surface area contributed by atoms with Crippen LogP contribution in [0.5, 0.6) is 0 Å². The van der Waals surface area contributed by atoms with Gasteiger partial charge in [0.15, 0.2) is 0 Å². The zero-order valence-corrected chi connectivity index (χ0v) is 12.1. The van der Waals surface area contributed by atoms with Crippen molar-refractivity contribution in [2.75, 3.05) is 6.54 Å². The molecule has 0 aromatic heterocycles. The molecule has 1 amide bonds. The second kappa shape index (κ2) is 6.47. The molecule has 0 saturated heterocycles. The lowest BCUT2D eigenvalue weighted by molar-refractivity contribution is -0.385. The summed E-state index contributed by atoms with van der Waals surface area (Å²) < 4.78 is 0. The molecule has 1 aromatic rings. The van der Waals surface area contributed by atoms with E-state index in [4.69, 9.17) is 5.73 Å². The van der Waals surface area contributed by atoms with E-state index in [1.165, 1.54) is 6.07 Å². The minimum Gasteiger partial charge on any atom is -0.345 e. The number of rotatable bonds is 6. The van der Waals surface area contributed by atoms with Gasteiger partial charge >= 0.3 is 0 Å². The number of hydrogen-bond acceptors (Lipinski definition) is 4. The van der Waals surface area contributed by atoms with E-state index in [0.717, 1.165) is 0 Å². The van der Waals surface area contributed by atoms with Gasteiger partial charge in [-0.3, -0.25) is 14.9 Å². The Balaban J connectivity index is 3.04. The fraction of sp³-hybridized carbons (Fsp3) is 0.500. The van der Waals surface area contributed by atoms with Crippen LogP contribution in [0, 0.1) is 17.0 Å². The molecule has 0 atom stereocenters. The van der Waals surface area contributed by atoms with E-state index < -0.39 is 10.5 Å². The standard InChI is InChI=1S/C14H21N3O3/c1-4-14(5-2,9-15)16-13(18)11-7-6-10(3)12(8-11)17(19)20/h6-8H,4-5,9,15H2,1-3H3,(H,16,18). The van der Waals surface area contributed by atoms with E-state index in [-0.39, 0.29) is 17.2 Å². The van der Waals surface area contributed by atoms with Gasteiger partial charge in [-0.05, 0) is 25.8 Å². The number of nitro groups is 1. The summed E-state index contributed by atoms with van der Waals surface area (Å²) in [5, 5.41) is 13.8. The van der Waals surface area contributed by atoms with E-state index >= 15 is 0 Å². The predicted molar refractivity (Wildman–Crippen MR) is 77.7 cm³/mol. The lowest BCUT2D eigenvalue weighted by Crippen LogP contribution is -2.52. The first-order valence-electron chi connectivity index (χ1n) is 6.66. The van der Waals surface area contributed by atoms with Crippen molar-refractivity contribution in [3.05, 3.63) is 39.4 Å². The number of nitrogens with two attached hydrogens (primary N) is 1. The highest BCUT2D eigenvalue weighted by molar-refractivity contribution is 5.95. The number of nitrogens with zero attached hydrogens (tertiary/aromatic N) is 1. The largest absolute Gasteiger partial charge is 0.345 e. The Morgan fingerprint density at radius 1 is 1.40 bits per heavy atom. The first-order chi connectivity index (χ1) is 9.39. The zero-order valence-electron chi connectivity index (χ0n) is 12.1. The molecule has 110 valence electrons. The van der Waals surface area contributed by atoms with Crippen molar-refractivity contribution >= 4 is 11.6 Å². The maximum absolute atomic E-state index is 12.2. The molecule has 0 radical (unpaired) electrons. The van der Waals surface area contributed by atoms with Crippen LogP contribution < -0.4 is 11.1 Å². The molecule has 0 aliphatic heterocycles. The maximum Gasteiger partial charge on any atom is 0.273 e. The Kier molecular flexibility index (Phi) is 5.21. The third kappa shape index (κ3) is 3.33. The van der Waals surface area contributed by atoms with Gasteiger partial charge in [-0.1, -0.05) is 19.9 Å². The highest BCUT2D eigenvalue weighted by Crippen LogP contribution is 2.20. The molecule has 1 rings (SSSR count). The van der Waals surface area contributed by atoms with Gasteiger partial charge in [-0.15, -0.1) is 0 Å². The van der Waals surface area contributed by atoms with E-state index in [1.807, 2.05) is 13.8 Å². The predicted octanol–water partition coefficient (Wildman–Crippen LogP) is 2.15. The molecule has 0 bridgehead atoms. The molecule has 0 aliphatic rings. The third-order valence-corrected chi connectivity index (χ3v) is 3.79. The number of amides is 1. The van der Waals surface area contributed by atoms with Crippen LogP contribution in [0.25, 0.3) is 0 Å². The number of nitrogens with one attached hydrogen (secondary N) is 1. The highest BCUT2D eigenvalue weighted by Gasteiger charge is 2.27. The summed E-state index contributed by atoms with van der Waals surface area (Å²) in [4.78, 5) is 22.7. The molecular weight excluding hydrogens is 258 g/mol. The lowest BCUT2D eigenvalue weighted by Gasteiger charge is -2.31. The fourth-order valence-corrected chi connectivity index (χ4v) is 2.03. The second-order valence-electron chi connectivity index (χ2n) is 4.90. The van der Waals surface area contributed by atoms with Crippen LogP contribution in [0.4, 0.5) is 5.69 Å². The van der Waals surface area contributed by atoms with Gasteiger partial charge in [0.1, 0.15) is 0 Å². The summed E-state index contributed by atoms with van der Waals surface area (Å²) in [5.41, 5.74) is 6.03. The number of carbonyl (C=O) groups excluding carboxylic acids is 1. The molecule has 0 fully saturated rings. The quantitative estimate of drug-likeness (QED) is 0.615. The second-order valence-corrected chi connectivity index (χ2v) is 4.90. The molecule has 0 saturated carbocycles. The molecule has 0 heterocycles. The van der Waals surface area contributed by atoms with Crippen LogP contribution >= 0.6 is 0 Å². The zero-order chi connectivity index (χ0) is 15.3. The molecular formula is C14H21N3O3. The van der Waals surface area contributed by atoms with Crippen molar-refractivity contribution in [1.29, 1.82) is 0 Å². The number of hydrogen-bond donors (Lipinski definition) is 2. The van der Waals surface area contributed by atoms with E-state index in [1.54, 1.807) is 19.1 Å². The highest BCUT2D eigenvalue weighted by atomic mass is 16.6. The first kappa shape index (κ1) is 16.1. The van der Waals surface area contributed by atoms with Gasteiger partial charge in [0, 0.05) is 23.7 Å². The Bertz CT molecular complexity index is 502. The van der Waals surface area contributed by atoms with Crippen molar-refractivity contribution in [1.82, 2.24) is 5.32 Å². The van der Waals surface area contributed by atoms with Crippen LogP contribution in [0.15, 0.2) is 18.2 Å². The van der Waals surface area contributed by atoms with Gasteiger partial charge in [0.2, 0.25) is 0 Å². The van der Waals surface area contributed by atoms with Gasteiger partial charge in [0.25, 0.3) is 11.6 Å². The van der Waals surface area contributed by atoms with Crippen molar-refractivity contribution in [2.24, 2.45) is 5.73 Å². The number of nitro benzene ring substituents is 1. The topological polar surface area (TPSA) is 98.3 Å². The average molecular weight is 279 g/mol. The average Bonchev–Trinajstić information content (AvgIpc) is 2.45. The molecule has 0 unspecified atom stereocenters. The number of benzene rings is 1. The Labute approximate surface area is 118 Å². The molecule has 6 heteroatoms. The van der Waals surface area contributed by atoms with Crippen LogP contribution in [-0.2, 0) is 0 Å². The fourth-order valence-electron chi connectivity index (χ4n) is 2.03. The summed E-state index contributed by atoms with van der Waals surface area (Å²) >= 11 is 0. The minimum atomic E-state index is -0.484. The third-order valence-electron chi connectivity index (χ3n) is 3.79. The van der Waals surface area contributed by atoms with Crippen LogP contribution in [0.3, 0.4) is 0 Å². The van der Waals surface area contributed by atoms with Crippen molar-refractivity contribution in [2.45, 2.75) is 39.2 Å². The minimum absolute atomic E-state index is 0.0519. The summed E-state index contributed by atoms with van der Waals surface area (Å²) in [5.74, 6) is -0.331. The van der Waals surface area contributed by atoms with Crippen molar-refractivity contribution in [3.63, 3.8) is 0 Å². The monoisotopic (exact) mass is 279 g/mol. The Morgan fingerprint density at radius 3 is 2.45 bits per heavy atom.